The number of aryl methyl sites for hydroxylation is 2. The first kappa shape index (κ1) is 15.7. The van der Waals surface area contributed by atoms with E-state index in [-0.39, 0.29) is 0 Å². The first-order chi connectivity index (χ1) is 9.17. The third kappa shape index (κ3) is 3.69. The van der Waals surface area contributed by atoms with Crippen molar-refractivity contribution in [1.29, 1.82) is 0 Å². The number of halogens is 1. The fraction of sp³-hybridized carbons (Fsp3) is 0.750. The smallest absolute Gasteiger partial charge is 0.0738 e. The summed E-state index contributed by atoms with van der Waals surface area (Å²) in [6.45, 7) is 5.06. The summed E-state index contributed by atoms with van der Waals surface area (Å²) in [5.41, 5.74) is 5.32. The molecule has 1 saturated heterocycles. The molecule has 0 radical (unpaired) electrons. The van der Waals surface area contributed by atoms with Gasteiger partial charge in [-0.25, -0.2) is 0 Å². The molecular formula is C12H21BrN4S2. The highest BCUT2D eigenvalue weighted by Crippen LogP contribution is 2.29. The Morgan fingerprint density at radius 3 is 2.95 bits per heavy atom. The number of rotatable bonds is 5. The third-order valence-corrected chi connectivity index (χ3v) is 7.32. The minimum Gasteiger partial charge on any atom is -0.271 e. The highest BCUT2D eigenvalue weighted by atomic mass is 79.9. The lowest BCUT2D eigenvalue weighted by Gasteiger charge is -2.29. The van der Waals surface area contributed by atoms with E-state index in [2.05, 4.69) is 38.1 Å². The number of hydrogen-bond donors (Lipinski definition) is 2. The second kappa shape index (κ2) is 7.36. The Morgan fingerprint density at radius 2 is 2.37 bits per heavy atom. The van der Waals surface area contributed by atoms with Gasteiger partial charge in [-0.15, -0.1) is 0 Å². The first-order valence-electron chi connectivity index (χ1n) is 6.54. The Kier molecular flexibility index (Phi) is 6.08. The van der Waals surface area contributed by atoms with Gasteiger partial charge >= 0.3 is 0 Å². The molecule has 1 aromatic rings. The number of nitrogens with one attached hydrogen (secondary N) is 1. The normalized spacial score (nSPS) is 21.6. The molecule has 4 nitrogen and oxygen atoms in total. The van der Waals surface area contributed by atoms with E-state index < -0.39 is 0 Å². The van der Waals surface area contributed by atoms with Gasteiger partial charge < -0.3 is 0 Å². The molecule has 0 amide bonds. The van der Waals surface area contributed by atoms with Gasteiger partial charge in [0.2, 0.25) is 0 Å². The van der Waals surface area contributed by atoms with E-state index in [4.69, 9.17) is 5.84 Å². The number of nitrogens with two attached hydrogens (primary N) is 1. The van der Waals surface area contributed by atoms with E-state index in [1.165, 1.54) is 23.0 Å². The molecule has 0 bridgehead atoms. The standard InChI is InChI=1S/C12H21BrN4S2/c1-3-17-10(12(13)8(2)16-17)6-9(15-14)11-7-18-4-5-19-11/h9,11,15H,3-7,14H2,1-2H3. The first-order valence-corrected chi connectivity index (χ1v) is 9.54. The molecule has 0 spiro atoms. The average Bonchev–Trinajstić information content (AvgIpc) is 2.72. The zero-order valence-electron chi connectivity index (χ0n) is 11.4. The molecule has 2 heterocycles. The summed E-state index contributed by atoms with van der Waals surface area (Å²) < 4.78 is 3.20. The van der Waals surface area contributed by atoms with E-state index in [9.17, 15) is 0 Å². The lowest BCUT2D eigenvalue weighted by atomic mass is 10.1. The van der Waals surface area contributed by atoms with Crippen LogP contribution in [0.25, 0.3) is 0 Å². The predicted molar refractivity (Wildman–Crippen MR) is 88.7 cm³/mol. The number of aromatic nitrogens is 2. The van der Waals surface area contributed by atoms with Crippen LogP contribution in [0.3, 0.4) is 0 Å². The van der Waals surface area contributed by atoms with Gasteiger partial charge in [-0.1, -0.05) is 0 Å². The molecule has 2 rings (SSSR count). The summed E-state index contributed by atoms with van der Waals surface area (Å²) in [4.78, 5) is 0. The van der Waals surface area contributed by atoms with Gasteiger partial charge in [0, 0.05) is 41.5 Å². The summed E-state index contributed by atoms with van der Waals surface area (Å²) in [5.74, 6) is 9.44. The maximum atomic E-state index is 5.78. The minimum atomic E-state index is 0.301. The topological polar surface area (TPSA) is 55.9 Å². The molecule has 2 unspecified atom stereocenters. The van der Waals surface area contributed by atoms with Crippen LogP contribution in [0.1, 0.15) is 18.3 Å². The van der Waals surface area contributed by atoms with Crippen LogP contribution in [0.5, 0.6) is 0 Å². The van der Waals surface area contributed by atoms with Crippen LogP contribution >= 0.6 is 39.5 Å². The van der Waals surface area contributed by atoms with Gasteiger partial charge in [0.05, 0.1) is 15.9 Å². The average molecular weight is 365 g/mol. The van der Waals surface area contributed by atoms with Crippen molar-refractivity contribution in [2.75, 3.05) is 17.3 Å². The Morgan fingerprint density at radius 1 is 1.58 bits per heavy atom. The molecule has 7 heteroatoms. The largest absolute Gasteiger partial charge is 0.271 e. The van der Waals surface area contributed by atoms with Crippen molar-refractivity contribution in [2.24, 2.45) is 5.84 Å². The van der Waals surface area contributed by atoms with Crippen LogP contribution in [-0.2, 0) is 13.0 Å². The summed E-state index contributed by atoms with van der Waals surface area (Å²) >= 11 is 7.72. The number of hydrogen-bond acceptors (Lipinski definition) is 5. The maximum Gasteiger partial charge on any atom is 0.0738 e. The number of hydrazine groups is 1. The molecule has 108 valence electrons. The van der Waals surface area contributed by atoms with Gasteiger partial charge in [-0.05, 0) is 29.8 Å². The van der Waals surface area contributed by atoms with Gasteiger partial charge in [-0.3, -0.25) is 16.0 Å². The van der Waals surface area contributed by atoms with Crippen LogP contribution in [0.2, 0.25) is 0 Å². The van der Waals surface area contributed by atoms with Crippen molar-refractivity contribution in [3.8, 4) is 0 Å². The van der Waals surface area contributed by atoms with E-state index in [0.717, 1.165) is 23.1 Å². The Hall–Kier alpha value is 0.310. The number of thioether (sulfide) groups is 2. The minimum absolute atomic E-state index is 0.301. The fourth-order valence-electron chi connectivity index (χ4n) is 2.31. The summed E-state index contributed by atoms with van der Waals surface area (Å²) in [6.07, 6.45) is 0.921. The highest BCUT2D eigenvalue weighted by Gasteiger charge is 2.26. The molecule has 1 aliphatic heterocycles. The SMILES string of the molecule is CCn1nc(C)c(Br)c1CC(NN)C1CSCCS1. The van der Waals surface area contributed by atoms with Gasteiger partial charge in [-0.2, -0.15) is 28.6 Å². The van der Waals surface area contributed by atoms with Crippen molar-refractivity contribution >= 4 is 39.5 Å². The molecular weight excluding hydrogens is 344 g/mol. The van der Waals surface area contributed by atoms with E-state index in [1.807, 2.05) is 30.4 Å². The quantitative estimate of drug-likeness (QED) is 0.619. The molecule has 0 aromatic carbocycles. The Balaban J connectivity index is 2.13. The molecule has 0 aliphatic carbocycles. The summed E-state index contributed by atoms with van der Waals surface area (Å²) in [5, 5.41) is 5.13. The predicted octanol–water partition coefficient (Wildman–Crippen LogP) is 2.20. The summed E-state index contributed by atoms with van der Waals surface area (Å²) in [7, 11) is 0. The van der Waals surface area contributed by atoms with Crippen LogP contribution < -0.4 is 11.3 Å². The lowest BCUT2D eigenvalue weighted by molar-refractivity contribution is 0.496. The molecule has 0 saturated carbocycles. The van der Waals surface area contributed by atoms with Crippen molar-refractivity contribution < 1.29 is 0 Å². The molecule has 1 fully saturated rings. The van der Waals surface area contributed by atoms with Crippen molar-refractivity contribution in [1.82, 2.24) is 15.2 Å². The van der Waals surface area contributed by atoms with Gasteiger partial charge in [0.15, 0.2) is 0 Å². The molecule has 1 aromatic heterocycles. The van der Waals surface area contributed by atoms with Crippen LogP contribution in [0.4, 0.5) is 0 Å². The third-order valence-electron chi connectivity index (χ3n) is 3.37. The molecule has 2 atom stereocenters. The molecule has 1 aliphatic rings. The monoisotopic (exact) mass is 364 g/mol. The molecule has 3 N–H and O–H groups in total. The zero-order valence-corrected chi connectivity index (χ0v) is 14.6. The summed E-state index contributed by atoms with van der Waals surface area (Å²) in [6, 6.07) is 0.301. The van der Waals surface area contributed by atoms with E-state index in [1.54, 1.807) is 0 Å². The van der Waals surface area contributed by atoms with E-state index >= 15 is 0 Å². The van der Waals surface area contributed by atoms with Crippen molar-refractivity contribution in [2.45, 2.75) is 38.1 Å². The van der Waals surface area contributed by atoms with Gasteiger partial charge in [0.25, 0.3) is 0 Å². The van der Waals surface area contributed by atoms with Crippen LogP contribution in [0, 0.1) is 6.92 Å². The Bertz CT molecular complexity index is 418. The van der Waals surface area contributed by atoms with E-state index in [0.29, 0.717) is 11.3 Å². The second-order valence-electron chi connectivity index (χ2n) is 4.62. The molecule has 19 heavy (non-hydrogen) atoms. The zero-order chi connectivity index (χ0) is 13.8. The van der Waals surface area contributed by atoms with Crippen molar-refractivity contribution in [3.63, 3.8) is 0 Å². The highest BCUT2D eigenvalue weighted by molar-refractivity contribution is 9.10. The Labute approximate surface area is 131 Å². The van der Waals surface area contributed by atoms with Crippen LogP contribution in [-0.4, -0.2) is 38.3 Å². The second-order valence-corrected chi connectivity index (χ2v) is 7.91. The lowest BCUT2D eigenvalue weighted by Crippen LogP contribution is -2.46. The van der Waals surface area contributed by atoms with Gasteiger partial charge in [0.1, 0.15) is 0 Å². The maximum absolute atomic E-state index is 5.78. The number of nitrogens with zero attached hydrogens (tertiary/aromatic N) is 2. The fourth-order valence-corrected chi connectivity index (χ4v) is 5.63. The van der Waals surface area contributed by atoms with Crippen LogP contribution in [0.15, 0.2) is 4.47 Å². The van der Waals surface area contributed by atoms with Crippen molar-refractivity contribution in [3.05, 3.63) is 15.9 Å².